The van der Waals surface area contributed by atoms with E-state index in [-0.39, 0.29) is 18.4 Å². The number of carbonyl (C=O) groups is 2. The van der Waals surface area contributed by atoms with Crippen molar-refractivity contribution >= 4 is 51.8 Å². The predicted octanol–water partition coefficient (Wildman–Crippen LogP) is 3.29. The predicted molar refractivity (Wildman–Crippen MR) is 115 cm³/mol. The van der Waals surface area contributed by atoms with Crippen molar-refractivity contribution in [3.63, 3.8) is 0 Å². The van der Waals surface area contributed by atoms with Gasteiger partial charge in [-0.2, -0.15) is 0 Å². The van der Waals surface area contributed by atoms with E-state index in [2.05, 4.69) is 15.2 Å². The minimum atomic E-state index is -1.07. The van der Waals surface area contributed by atoms with Crippen LogP contribution in [-0.4, -0.2) is 50.6 Å². The molecular weight excluding hydrogens is 429 g/mol. The molecule has 30 heavy (non-hydrogen) atoms. The van der Waals surface area contributed by atoms with Gasteiger partial charge in [0.1, 0.15) is 12.4 Å². The number of aromatic nitrogens is 3. The lowest BCUT2D eigenvalue weighted by molar-refractivity contribution is -0.138. The van der Waals surface area contributed by atoms with Gasteiger partial charge in [0.05, 0.1) is 27.6 Å². The molecule has 1 aliphatic heterocycles. The van der Waals surface area contributed by atoms with Gasteiger partial charge >= 0.3 is 5.97 Å². The Morgan fingerprint density at radius 3 is 2.87 bits per heavy atom. The van der Waals surface area contributed by atoms with Crippen LogP contribution in [0.25, 0.3) is 16.6 Å². The summed E-state index contributed by atoms with van der Waals surface area (Å²) in [5.74, 6) is -0.686. The standard InChI is InChI=1S/C20H19Cl2N5O3/c21-14-4-3-13-15(26-7-5-23-11-26)9-16(25-20(13)19(14)22)27-6-1-2-12(27)8-17(28)24-10-18(29)30/h3-5,7,9,11-12H,1-2,6,8,10H2,(H,24,28)(H,29,30)/t12-/m0/s1. The number of fused-ring (bicyclic) bond motifs is 1. The van der Waals surface area contributed by atoms with Crippen LogP contribution >= 0.6 is 23.2 Å². The van der Waals surface area contributed by atoms with Crippen LogP contribution in [0.1, 0.15) is 19.3 Å². The Bertz CT molecular complexity index is 1100. The number of benzene rings is 1. The number of hydrogen-bond acceptors (Lipinski definition) is 5. The molecule has 1 atom stereocenters. The maximum absolute atomic E-state index is 12.2. The molecule has 1 fully saturated rings. The minimum Gasteiger partial charge on any atom is -0.480 e. The first-order valence-corrected chi connectivity index (χ1v) is 10.2. The van der Waals surface area contributed by atoms with Crippen LogP contribution in [0, 0.1) is 0 Å². The smallest absolute Gasteiger partial charge is 0.322 e. The van der Waals surface area contributed by atoms with Crippen molar-refractivity contribution in [1.29, 1.82) is 0 Å². The van der Waals surface area contributed by atoms with E-state index in [1.54, 1.807) is 18.6 Å². The number of imidazole rings is 1. The minimum absolute atomic E-state index is 0.0858. The van der Waals surface area contributed by atoms with Gasteiger partial charge in [0.15, 0.2) is 0 Å². The Morgan fingerprint density at radius 2 is 2.13 bits per heavy atom. The molecule has 0 bridgehead atoms. The molecule has 1 amide bonds. The Balaban J connectivity index is 1.72. The number of carboxylic acids is 1. The normalized spacial score (nSPS) is 16.2. The number of carboxylic acid groups (broad SMARTS) is 1. The van der Waals surface area contributed by atoms with Gasteiger partial charge in [-0.25, -0.2) is 9.97 Å². The van der Waals surface area contributed by atoms with E-state index in [9.17, 15) is 9.59 Å². The van der Waals surface area contributed by atoms with Gasteiger partial charge in [-0.15, -0.1) is 0 Å². The molecule has 0 aliphatic carbocycles. The fourth-order valence-electron chi connectivity index (χ4n) is 3.78. The van der Waals surface area contributed by atoms with Gasteiger partial charge in [0.2, 0.25) is 5.91 Å². The van der Waals surface area contributed by atoms with E-state index < -0.39 is 12.5 Å². The summed E-state index contributed by atoms with van der Waals surface area (Å²) in [6, 6.07) is 5.47. The monoisotopic (exact) mass is 447 g/mol. The number of carbonyl (C=O) groups excluding carboxylic acids is 1. The third kappa shape index (κ3) is 4.06. The summed E-state index contributed by atoms with van der Waals surface area (Å²) >= 11 is 12.7. The zero-order chi connectivity index (χ0) is 21.3. The lowest BCUT2D eigenvalue weighted by Crippen LogP contribution is -2.37. The third-order valence-corrected chi connectivity index (χ3v) is 5.94. The van der Waals surface area contributed by atoms with Gasteiger partial charge in [-0.3, -0.25) is 9.59 Å². The highest BCUT2D eigenvalue weighted by Gasteiger charge is 2.29. The first-order chi connectivity index (χ1) is 14.4. The summed E-state index contributed by atoms with van der Waals surface area (Å²) < 4.78 is 1.88. The quantitative estimate of drug-likeness (QED) is 0.601. The number of hydrogen-bond donors (Lipinski definition) is 2. The van der Waals surface area contributed by atoms with Crippen LogP contribution in [0.3, 0.4) is 0 Å². The van der Waals surface area contributed by atoms with Crippen LogP contribution < -0.4 is 10.2 Å². The summed E-state index contributed by atoms with van der Waals surface area (Å²) in [4.78, 5) is 33.8. The fourth-order valence-corrected chi connectivity index (χ4v) is 4.13. The maximum Gasteiger partial charge on any atom is 0.322 e. The van der Waals surface area contributed by atoms with Crippen molar-refractivity contribution < 1.29 is 14.7 Å². The molecule has 156 valence electrons. The van der Waals surface area contributed by atoms with Crippen molar-refractivity contribution in [3.05, 3.63) is 47.0 Å². The van der Waals surface area contributed by atoms with Gasteiger partial charge in [-0.1, -0.05) is 23.2 Å². The molecule has 4 rings (SSSR count). The molecular formula is C20H19Cl2N5O3. The number of pyridine rings is 1. The molecule has 2 aromatic heterocycles. The van der Waals surface area contributed by atoms with E-state index in [4.69, 9.17) is 33.3 Å². The first kappa shape index (κ1) is 20.4. The van der Waals surface area contributed by atoms with Gasteiger partial charge in [0, 0.05) is 42.9 Å². The number of nitrogens with zero attached hydrogens (tertiary/aromatic N) is 4. The van der Waals surface area contributed by atoms with Gasteiger partial charge in [0.25, 0.3) is 0 Å². The van der Waals surface area contributed by atoms with Crippen molar-refractivity contribution in [2.75, 3.05) is 18.0 Å². The second-order valence-electron chi connectivity index (χ2n) is 7.09. The number of aliphatic carboxylic acids is 1. The van der Waals surface area contributed by atoms with Crippen LogP contribution in [0.5, 0.6) is 0 Å². The summed E-state index contributed by atoms with van der Waals surface area (Å²) in [5.41, 5.74) is 1.43. The van der Waals surface area contributed by atoms with E-state index in [1.807, 2.05) is 22.9 Å². The number of nitrogens with one attached hydrogen (secondary N) is 1. The molecule has 3 heterocycles. The number of amides is 1. The first-order valence-electron chi connectivity index (χ1n) is 9.46. The molecule has 1 saturated heterocycles. The topological polar surface area (TPSA) is 100 Å². The zero-order valence-electron chi connectivity index (χ0n) is 15.9. The summed E-state index contributed by atoms with van der Waals surface area (Å²) in [6.07, 6.45) is 7.12. The molecule has 0 spiro atoms. The summed E-state index contributed by atoms with van der Waals surface area (Å²) in [7, 11) is 0. The summed E-state index contributed by atoms with van der Waals surface area (Å²) in [5, 5.41) is 12.8. The number of halogens is 2. The Kier molecular flexibility index (Phi) is 5.78. The van der Waals surface area contributed by atoms with Crippen molar-refractivity contribution in [2.45, 2.75) is 25.3 Å². The molecule has 1 aromatic carbocycles. The van der Waals surface area contributed by atoms with Gasteiger partial charge in [-0.05, 0) is 25.0 Å². The molecule has 1 aliphatic rings. The Morgan fingerprint density at radius 1 is 1.30 bits per heavy atom. The Hall–Kier alpha value is -2.84. The molecule has 0 saturated carbocycles. The van der Waals surface area contributed by atoms with Gasteiger partial charge < -0.3 is 19.9 Å². The fraction of sp³-hybridized carbons (Fsp3) is 0.300. The average Bonchev–Trinajstić information content (AvgIpc) is 3.41. The molecule has 0 radical (unpaired) electrons. The van der Waals surface area contributed by atoms with Crippen molar-refractivity contribution in [2.24, 2.45) is 0 Å². The lowest BCUT2D eigenvalue weighted by atomic mass is 10.1. The second-order valence-corrected chi connectivity index (χ2v) is 7.88. The van der Waals surface area contributed by atoms with E-state index in [0.29, 0.717) is 21.4 Å². The average molecular weight is 448 g/mol. The highest BCUT2D eigenvalue weighted by molar-refractivity contribution is 6.45. The van der Waals surface area contributed by atoms with E-state index >= 15 is 0 Å². The van der Waals surface area contributed by atoms with Crippen LogP contribution in [-0.2, 0) is 9.59 Å². The lowest BCUT2D eigenvalue weighted by Gasteiger charge is -2.26. The summed E-state index contributed by atoms with van der Waals surface area (Å²) in [6.45, 7) is 0.343. The van der Waals surface area contributed by atoms with E-state index in [0.717, 1.165) is 30.5 Å². The van der Waals surface area contributed by atoms with E-state index in [1.165, 1.54) is 0 Å². The Labute approximate surface area is 182 Å². The number of anilines is 1. The molecule has 0 unspecified atom stereocenters. The number of rotatable bonds is 6. The van der Waals surface area contributed by atoms with Crippen molar-refractivity contribution in [1.82, 2.24) is 19.9 Å². The second kappa shape index (κ2) is 8.49. The zero-order valence-corrected chi connectivity index (χ0v) is 17.4. The van der Waals surface area contributed by atoms with Crippen molar-refractivity contribution in [3.8, 4) is 5.69 Å². The van der Waals surface area contributed by atoms with Crippen LogP contribution in [0.4, 0.5) is 5.82 Å². The molecule has 8 nitrogen and oxygen atoms in total. The molecule has 10 heteroatoms. The highest BCUT2D eigenvalue weighted by atomic mass is 35.5. The largest absolute Gasteiger partial charge is 0.480 e. The highest BCUT2D eigenvalue weighted by Crippen LogP contribution is 2.36. The maximum atomic E-state index is 12.2. The van der Waals surface area contributed by atoms with Crippen LogP contribution in [0.15, 0.2) is 36.9 Å². The molecule has 2 N–H and O–H groups in total. The SMILES string of the molecule is O=C(O)CNC(=O)C[C@@H]1CCCN1c1cc(-n2ccnc2)c2ccc(Cl)c(Cl)c2n1. The third-order valence-electron chi connectivity index (χ3n) is 5.15. The molecule has 3 aromatic rings. The van der Waals surface area contributed by atoms with Crippen LogP contribution in [0.2, 0.25) is 10.0 Å².